The van der Waals surface area contributed by atoms with Gasteiger partial charge in [-0.25, -0.2) is 4.79 Å². The van der Waals surface area contributed by atoms with Gasteiger partial charge in [0.1, 0.15) is 0 Å². The van der Waals surface area contributed by atoms with E-state index in [9.17, 15) is 9.59 Å². The Bertz CT molecular complexity index is 354. The zero-order valence-electron chi connectivity index (χ0n) is 10.6. The van der Waals surface area contributed by atoms with Gasteiger partial charge in [0.25, 0.3) is 0 Å². The van der Waals surface area contributed by atoms with Gasteiger partial charge in [-0.15, -0.1) is 0 Å². The van der Waals surface area contributed by atoms with E-state index in [0.717, 1.165) is 6.42 Å². The second-order valence-corrected chi connectivity index (χ2v) is 6.02. The first-order valence-corrected chi connectivity index (χ1v) is 6.09. The van der Waals surface area contributed by atoms with E-state index in [1.807, 2.05) is 6.92 Å². The molecular formula is C12H20N2O3. The summed E-state index contributed by atoms with van der Waals surface area (Å²) in [6.45, 7) is 6.98. The molecule has 1 aliphatic heterocycles. The Morgan fingerprint density at radius 2 is 1.94 bits per heavy atom. The highest BCUT2D eigenvalue weighted by Crippen LogP contribution is 2.44. The minimum atomic E-state index is -0.806. The van der Waals surface area contributed by atoms with Crippen LogP contribution in [-0.4, -0.2) is 41.1 Å². The molecule has 1 aliphatic carbocycles. The molecular weight excluding hydrogens is 220 g/mol. The number of carboxylic acid groups (broad SMARTS) is 1. The lowest BCUT2D eigenvalue weighted by molar-refractivity contribution is -0.142. The highest BCUT2D eigenvalue weighted by molar-refractivity contribution is 5.78. The molecule has 2 N–H and O–H groups in total. The Morgan fingerprint density at radius 3 is 2.35 bits per heavy atom. The van der Waals surface area contributed by atoms with Crippen LogP contribution in [-0.2, 0) is 4.79 Å². The van der Waals surface area contributed by atoms with E-state index in [1.54, 1.807) is 4.90 Å². The average molecular weight is 240 g/mol. The summed E-state index contributed by atoms with van der Waals surface area (Å²) < 4.78 is 0. The van der Waals surface area contributed by atoms with Crippen molar-refractivity contribution in [1.82, 2.24) is 10.2 Å². The fourth-order valence-corrected chi connectivity index (χ4v) is 2.41. The molecule has 0 aromatic heterocycles. The van der Waals surface area contributed by atoms with E-state index in [1.165, 1.54) is 0 Å². The second kappa shape index (κ2) is 3.89. The number of hydrogen-bond donors (Lipinski definition) is 2. The standard InChI is InChI=1S/C12H20N2O3/c1-7-5-14(6-8(7)10(15)16)11(17)13-9-4-12(9,2)3/h7-9H,4-6H2,1-3H3,(H,13,17)(H,15,16). The van der Waals surface area contributed by atoms with Gasteiger partial charge in [-0.1, -0.05) is 20.8 Å². The highest BCUT2D eigenvalue weighted by Gasteiger charge is 2.48. The molecule has 2 aliphatic rings. The van der Waals surface area contributed by atoms with Crippen molar-refractivity contribution in [3.05, 3.63) is 0 Å². The molecule has 0 spiro atoms. The summed E-state index contributed by atoms with van der Waals surface area (Å²) >= 11 is 0. The predicted molar refractivity (Wildman–Crippen MR) is 62.6 cm³/mol. The summed E-state index contributed by atoms with van der Waals surface area (Å²) in [7, 11) is 0. The second-order valence-electron chi connectivity index (χ2n) is 6.02. The topological polar surface area (TPSA) is 69.6 Å². The number of hydrogen-bond acceptors (Lipinski definition) is 2. The van der Waals surface area contributed by atoms with E-state index in [2.05, 4.69) is 19.2 Å². The highest BCUT2D eigenvalue weighted by atomic mass is 16.4. The van der Waals surface area contributed by atoms with Crippen LogP contribution in [0.4, 0.5) is 4.79 Å². The fourth-order valence-electron chi connectivity index (χ4n) is 2.41. The number of rotatable bonds is 2. The first kappa shape index (κ1) is 12.2. The number of carbonyl (C=O) groups excluding carboxylic acids is 1. The first-order chi connectivity index (χ1) is 7.81. The van der Waals surface area contributed by atoms with Crippen molar-refractivity contribution in [2.24, 2.45) is 17.3 Å². The molecule has 0 radical (unpaired) electrons. The van der Waals surface area contributed by atoms with Gasteiger partial charge in [0, 0.05) is 19.1 Å². The fraction of sp³-hybridized carbons (Fsp3) is 0.833. The quantitative estimate of drug-likeness (QED) is 0.760. The molecule has 3 unspecified atom stereocenters. The lowest BCUT2D eigenvalue weighted by Crippen LogP contribution is -2.41. The number of nitrogens with one attached hydrogen (secondary N) is 1. The third-order valence-corrected chi connectivity index (χ3v) is 4.03. The van der Waals surface area contributed by atoms with Crippen molar-refractivity contribution < 1.29 is 14.7 Å². The van der Waals surface area contributed by atoms with E-state index < -0.39 is 11.9 Å². The summed E-state index contributed by atoms with van der Waals surface area (Å²) in [4.78, 5) is 24.5. The molecule has 0 bridgehead atoms. The molecule has 2 rings (SSSR count). The Morgan fingerprint density at radius 1 is 1.35 bits per heavy atom. The van der Waals surface area contributed by atoms with Crippen LogP contribution in [0.3, 0.4) is 0 Å². The van der Waals surface area contributed by atoms with Crippen molar-refractivity contribution in [1.29, 1.82) is 0 Å². The molecule has 1 saturated carbocycles. The lowest BCUT2D eigenvalue weighted by atomic mass is 9.99. The van der Waals surface area contributed by atoms with Crippen LogP contribution < -0.4 is 5.32 Å². The molecule has 2 amide bonds. The maximum absolute atomic E-state index is 11.9. The molecule has 5 heteroatoms. The van der Waals surface area contributed by atoms with Crippen LogP contribution in [0.15, 0.2) is 0 Å². The van der Waals surface area contributed by atoms with Gasteiger partial charge < -0.3 is 15.3 Å². The molecule has 0 aromatic rings. The summed E-state index contributed by atoms with van der Waals surface area (Å²) in [6, 6.07) is 0.130. The molecule has 2 fully saturated rings. The van der Waals surface area contributed by atoms with Gasteiger partial charge >= 0.3 is 12.0 Å². The summed E-state index contributed by atoms with van der Waals surface area (Å²) in [5.74, 6) is -1.20. The first-order valence-electron chi connectivity index (χ1n) is 6.09. The van der Waals surface area contributed by atoms with Crippen molar-refractivity contribution in [2.75, 3.05) is 13.1 Å². The summed E-state index contributed by atoms with van der Waals surface area (Å²) in [6.07, 6.45) is 1.00. The average Bonchev–Trinajstić information content (AvgIpc) is 2.64. The zero-order valence-corrected chi connectivity index (χ0v) is 10.6. The lowest BCUT2D eigenvalue weighted by Gasteiger charge is -2.17. The molecule has 0 aromatic carbocycles. The van der Waals surface area contributed by atoms with E-state index >= 15 is 0 Å². The predicted octanol–water partition coefficient (Wildman–Crippen LogP) is 1.15. The van der Waals surface area contributed by atoms with E-state index in [0.29, 0.717) is 13.1 Å². The largest absolute Gasteiger partial charge is 0.481 e. The van der Waals surface area contributed by atoms with Crippen molar-refractivity contribution in [2.45, 2.75) is 33.2 Å². The molecule has 3 atom stereocenters. The van der Waals surface area contributed by atoms with Crippen molar-refractivity contribution in [3.63, 3.8) is 0 Å². The van der Waals surface area contributed by atoms with Crippen LogP contribution in [0, 0.1) is 17.3 Å². The van der Waals surface area contributed by atoms with Crippen LogP contribution in [0.25, 0.3) is 0 Å². The normalized spacial score (nSPS) is 34.5. The van der Waals surface area contributed by atoms with Crippen LogP contribution in [0.2, 0.25) is 0 Å². The SMILES string of the molecule is CC1CN(C(=O)NC2CC2(C)C)CC1C(=O)O. The number of likely N-dealkylation sites (tertiary alicyclic amines) is 1. The summed E-state index contributed by atoms with van der Waals surface area (Å²) in [5, 5.41) is 12.0. The number of urea groups is 1. The number of carbonyl (C=O) groups is 2. The van der Waals surface area contributed by atoms with Crippen LogP contribution in [0.1, 0.15) is 27.2 Å². The maximum Gasteiger partial charge on any atom is 0.317 e. The number of amides is 2. The monoisotopic (exact) mass is 240 g/mol. The minimum Gasteiger partial charge on any atom is -0.481 e. The van der Waals surface area contributed by atoms with Gasteiger partial charge in [-0.05, 0) is 17.8 Å². The molecule has 1 heterocycles. The number of nitrogens with zero attached hydrogens (tertiary/aromatic N) is 1. The van der Waals surface area contributed by atoms with Crippen LogP contribution >= 0.6 is 0 Å². The van der Waals surface area contributed by atoms with Gasteiger partial charge in [-0.2, -0.15) is 0 Å². The maximum atomic E-state index is 11.9. The van der Waals surface area contributed by atoms with Gasteiger partial charge in [0.05, 0.1) is 5.92 Å². The van der Waals surface area contributed by atoms with E-state index in [4.69, 9.17) is 5.11 Å². The third-order valence-electron chi connectivity index (χ3n) is 4.03. The van der Waals surface area contributed by atoms with Crippen LogP contribution in [0.5, 0.6) is 0 Å². The number of aliphatic carboxylic acids is 1. The number of carboxylic acids is 1. The van der Waals surface area contributed by atoms with Gasteiger partial charge in [-0.3, -0.25) is 4.79 Å². The zero-order chi connectivity index (χ0) is 12.8. The molecule has 5 nitrogen and oxygen atoms in total. The third kappa shape index (κ3) is 2.37. The molecule has 1 saturated heterocycles. The van der Waals surface area contributed by atoms with Crippen molar-refractivity contribution in [3.8, 4) is 0 Å². The molecule has 17 heavy (non-hydrogen) atoms. The minimum absolute atomic E-state index is 0.0328. The van der Waals surface area contributed by atoms with Crippen molar-refractivity contribution >= 4 is 12.0 Å². The Hall–Kier alpha value is -1.26. The smallest absolute Gasteiger partial charge is 0.317 e. The van der Waals surface area contributed by atoms with E-state index in [-0.39, 0.29) is 23.4 Å². The molecule has 96 valence electrons. The Labute approximate surface area is 101 Å². The summed E-state index contributed by atoms with van der Waals surface area (Å²) in [5.41, 5.74) is 0.202. The Balaban J connectivity index is 1.88. The van der Waals surface area contributed by atoms with Gasteiger partial charge in [0.2, 0.25) is 0 Å². The van der Waals surface area contributed by atoms with Gasteiger partial charge in [0.15, 0.2) is 0 Å². The Kier molecular flexibility index (Phi) is 2.79.